The average Bonchev–Trinajstić information content (AvgIpc) is 3.02. The molecule has 0 unspecified atom stereocenters. The highest BCUT2D eigenvalue weighted by atomic mass is 32.1. The van der Waals surface area contributed by atoms with Crippen LogP contribution in [0.15, 0.2) is 42.0 Å². The molecule has 1 saturated heterocycles. The predicted octanol–water partition coefficient (Wildman–Crippen LogP) is 2.76. The largest absolute Gasteiger partial charge is 0.489 e. The molecule has 1 amide bonds. The van der Waals surface area contributed by atoms with E-state index in [1.54, 1.807) is 23.7 Å². The zero-order valence-electron chi connectivity index (χ0n) is 11.8. The maximum absolute atomic E-state index is 12.2. The lowest BCUT2D eigenvalue weighted by Crippen LogP contribution is -2.42. The first-order chi connectivity index (χ1) is 10.3. The molecule has 110 valence electrons. The fraction of sp³-hybridized carbons (Fsp3) is 0.375. The summed E-state index contributed by atoms with van der Waals surface area (Å²) in [4.78, 5) is 19.3. The van der Waals surface area contributed by atoms with Crippen molar-refractivity contribution in [3.63, 3.8) is 0 Å². The second-order valence-corrected chi connectivity index (χ2v) is 6.18. The van der Waals surface area contributed by atoms with E-state index in [0.29, 0.717) is 6.42 Å². The van der Waals surface area contributed by atoms with E-state index in [4.69, 9.17) is 4.74 Å². The summed E-state index contributed by atoms with van der Waals surface area (Å²) in [6.45, 7) is 1.55. The third-order valence-corrected chi connectivity index (χ3v) is 4.51. The molecule has 3 rings (SSSR count). The van der Waals surface area contributed by atoms with Crippen molar-refractivity contribution in [1.82, 2.24) is 9.88 Å². The quantitative estimate of drug-likeness (QED) is 0.872. The number of thiophene rings is 1. The van der Waals surface area contributed by atoms with Gasteiger partial charge in [-0.05, 0) is 23.6 Å². The van der Waals surface area contributed by atoms with E-state index in [1.807, 2.05) is 34.5 Å². The molecular weight excluding hydrogens is 284 g/mol. The summed E-state index contributed by atoms with van der Waals surface area (Å²) in [6, 6.07) is 7.79. The first-order valence-electron chi connectivity index (χ1n) is 7.18. The van der Waals surface area contributed by atoms with Crippen molar-refractivity contribution >= 4 is 17.2 Å². The molecule has 3 heterocycles. The second kappa shape index (κ2) is 6.72. The number of hydrogen-bond acceptors (Lipinski definition) is 4. The molecule has 1 aliphatic rings. The summed E-state index contributed by atoms with van der Waals surface area (Å²) in [7, 11) is 0. The van der Waals surface area contributed by atoms with Crippen LogP contribution in [0.25, 0.3) is 0 Å². The molecule has 1 fully saturated rings. The maximum Gasteiger partial charge on any atom is 0.227 e. The smallest absolute Gasteiger partial charge is 0.227 e. The van der Waals surface area contributed by atoms with E-state index in [-0.39, 0.29) is 12.0 Å². The Labute approximate surface area is 128 Å². The first-order valence-corrected chi connectivity index (χ1v) is 8.06. The van der Waals surface area contributed by atoms with Crippen LogP contribution in [0.2, 0.25) is 0 Å². The summed E-state index contributed by atoms with van der Waals surface area (Å²) in [5.74, 6) is 1.03. The number of carbonyl (C=O) groups is 1. The normalized spacial score (nSPS) is 15.9. The molecule has 2 aromatic heterocycles. The molecule has 0 bridgehead atoms. The van der Waals surface area contributed by atoms with Crippen molar-refractivity contribution in [2.75, 3.05) is 13.1 Å². The standard InChI is InChI=1S/C16H18N2O2S/c19-16(11-15-4-2-10-21-15)18-8-5-13(6-9-18)20-14-3-1-7-17-12-14/h1-4,7,10,12-13H,5-6,8-9,11H2. The maximum atomic E-state index is 12.2. The molecular formula is C16H18N2O2S. The molecule has 0 N–H and O–H groups in total. The Bertz CT molecular complexity index is 563. The molecule has 2 aromatic rings. The van der Waals surface area contributed by atoms with E-state index in [1.165, 1.54) is 0 Å². The van der Waals surface area contributed by atoms with Gasteiger partial charge in [0, 0.05) is 37.0 Å². The Balaban J connectivity index is 1.47. The number of rotatable bonds is 4. The fourth-order valence-corrected chi connectivity index (χ4v) is 3.20. The van der Waals surface area contributed by atoms with Crippen LogP contribution in [0.3, 0.4) is 0 Å². The van der Waals surface area contributed by atoms with Crippen LogP contribution in [-0.4, -0.2) is 35.0 Å². The Morgan fingerprint density at radius 3 is 2.86 bits per heavy atom. The molecule has 21 heavy (non-hydrogen) atoms. The van der Waals surface area contributed by atoms with Gasteiger partial charge in [-0.15, -0.1) is 11.3 Å². The van der Waals surface area contributed by atoms with Crippen LogP contribution < -0.4 is 4.74 Å². The number of ether oxygens (including phenoxy) is 1. The highest BCUT2D eigenvalue weighted by Crippen LogP contribution is 2.19. The van der Waals surface area contributed by atoms with Crippen LogP contribution in [0.4, 0.5) is 0 Å². The number of likely N-dealkylation sites (tertiary alicyclic amines) is 1. The van der Waals surface area contributed by atoms with Gasteiger partial charge in [-0.25, -0.2) is 0 Å². The van der Waals surface area contributed by atoms with Gasteiger partial charge in [0.2, 0.25) is 5.91 Å². The van der Waals surface area contributed by atoms with Gasteiger partial charge in [-0.2, -0.15) is 0 Å². The van der Waals surface area contributed by atoms with E-state index in [2.05, 4.69) is 4.98 Å². The lowest BCUT2D eigenvalue weighted by atomic mass is 10.1. The van der Waals surface area contributed by atoms with Gasteiger partial charge in [0.05, 0.1) is 12.6 Å². The first kappa shape index (κ1) is 14.1. The minimum atomic E-state index is 0.181. The summed E-state index contributed by atoms with van der Waals surface area (Å²) >= 11 is 1.64. The Kier molecular flexibility index (Phi) is 4.50. The summed E-state index contributed by atoms with van der Waals surface area (Å²) in [5, 5.41) is 2.01. The van der Waals surface area contributed by atoms with Crippen molar-refractivity contribution in [3.05, 3.63) is 46.9 Å². The molecule has 0 atom stereocenters. The third kappa shape index (κ3) is 3.82. The van der Waals surface area contributed by atoms with Crippen LogP contribution in [0.5, 0.6) is 5.75 Å². The number of hydrogen-bond donors (Lipinski definition) is 0. The van der Waals surface area contributed by atoms with Gasteiger partial charge in [-0.3, -0.25) is 9.78 Å². The predicted molar refractivity (Wildman–Crippen MR) is 82.5 cm³/mol. The molecule has 0 saturated carbocycles. The van der Waals surface area contributed by atoms with Gasteiger partial charge in [-0.1, -0.05) is 6.07 Å². The van der Waals surface area contributed by atoms with E-state index < -0.39 is 0 Å². The van der Waals surface area contributed by atoms with Crippen LogP contribution in [0.1, 0.15) is 17.7 Å². The monoisotopic (exact) mass is 302 g/mol. The fourth-order valence-electron chi connectivity index (χ4n) is 2.51. The molecule has 0 radical (unpaired) electrons. The number of amides is 1. The molecule has 4 nitrogen and oxygen atoms in total. The van der Waals surface area contributed by atoms with Crippen molar-refractivity contribution in [1.29, 1.82) is 0 Å². The van der Waals surface area contributed by atoms with Crippen molar-refractivity contribution < 1.29 is 9.53 Å². The minimum absolute atomic E-state index is 0.181. The molecule has 1 aliphatic heterocycles. The van der Waals surface area contributed by atoms with Gasteiger partial charge in [0.25, 0.3) is 0 Å². The lowest BCUT2D eigenvalue weighted by molar-refractivity contribution is -0.132. The van der Waals surface area contributed by atoms with Gasteiger partial charge in [0.15, 0.2) is 0 Å². The molecule has 0 aliphatic carbocycles. The van der Waals surface area contributed by atoms with Crippen LogP contribution in [-0.2, 0) is 11.2 Å². The van der Waals surface area contributed by atoms with E-state index in [9.17, 15) is 4.79 Å². The van der Waals surface area contributed by atoms with Gasteiger partial charge in [0.1, 0.15) is 11.9 Å². The zero-order chi connectivity index (χ0) is 14.5. The lowest BCUT2D eigenvalue weighted by Gasteiger charge is -2.32. The highest BCUT2D eigenvalue weighted by Gasteiger charge is 2.24. The summed E-state index contributed by atoms with van der Waals surface area (Å²) < 4.78 is 5.89. The Morgan fingerprint density at radius 2 is 2.19 bits per heavy atom. The Morgan fingerprint density at radius 1 is 1.33 bits per heavy atom. The topological polar surface area (TPSA) is 42.4 Å². The number of nitrogens with zero attached hydrogens (tertiary/aromatic N) is 2. The molecule has 0 spiro atoms. The number of aromatic nitrogens is 1. The van der Waals surface area contributed by atoms with Gasteiger partial charge < -0.3 is 9.64 Å². The third-order valence-electron chi connectivity index (χ3n) is 3.64. The van der Waals surface area contributed by atoms with E-state index >= 15 is 0 Å². The summed E-state index contributed by atoms with van der Waals surface area (Å²) in [6.07, 6.45) is 5.93. The van der Waals surface area contributed by atoms with Crippen LogP contribution >= 0.6 is 11.3 Å². The second-order valence-electron chi connectivity index (χ2n) is 5.14. The molecule has 5 heteroatoms. The van der Waals surface area contributed by atoms with Gasteiger partial charge >= 0.3 is 0 Å². The molecule has 0 aromatic carbocycles. The minimum Gasteiger partial charge on any atom is -0.489 e. The Hall–Kier alpha value is -1.88. The van der Waals surface area contributed by atoms with Crippen molar-refractivity contribution in [3.8, 4) is 5.75 Å². The van der Waals surface area contributed by atoms with Crippen molar-refractivity contribution in [2.24, 2.45) is 0 Å². The SMILES string of the molecule is O=C(Cc1cccs1)N1CCC(Oc2cccnc2)CC1. The van der Waals surface area contributed by atoms with Crippen molar-refractivity contribution in [2.45, 2.75) is 25.4 Å². The number of piperidine rings is 1. The highest BCUT2D eigenvalue weighted by molar-refractivity contribution is 7.10. The number of carbonyl (C=O) groups excluding carboxylic acids is 1. The zero-order valence-corrected chi connectivity index (χ0v) is 12.6. The van der Waals surface area contributed by atoms with E-state index in [0.717, 1.165) is 36.6 Å². The summed E-state index contributed by atoms with van der Waals surface area (Å²) in [5.41, 5.74) is 0. The number of pyridine rings is 1. The van der Waals surface area contributed by atoms with Crippen LogP contribution in [0, 0.1) is 0 Å². The average molecular weight is 302 g/mol.